The minimum atomic E-state index is 0.0187. The summed E-state index contributed by atoms with van der Waals surface area (Å²) < 4.78 is 1.68. The molecule has 4 rings (SSSR count). The lowest BCUT2D eigenvalue weighted by Crippen LogP contribution is -2.34. The fraction of sp³-hybridized carbons (Fsp3) is 0.471. The van der Waals surface area contributed by atoms with Crippen molar-refractivity contribution in [2.75, 3.05) is 13.1 Å². The molecule has 24 heavy (non-hydrogen) atoms. The number of hydrogen-bond acceptors (Lipinski definition) is 5. The number of nitrogens with one attached hydrogen (secondary N) is 1. The Labute approximate surface area is 144 Å². The van der Waals surface area contributed by atoms with E-state index in [4.69, 9.17) is 0 Å². The Hall–Kier alpha value is -1.99. The molecular formula is C17H21N5OS. The number of H-pyrrole nitrogens is 1. The molecule has 4 heterocycles. The molecule has 3 aromatic heterocycles. The molecule has 1 saturated heterocycles. The van der Waals surface area contributed by atoms with Gasteiger partial charge in [0.25, 0.3) is 5.56 Å². The third-order valence-electron chi connectivity index (χ3n) is 4.66. The van der Waals surface area contributed by atoms with Crippen LogP contribution in [0.4, 0.5) is 0 Å². The average molecular weight is 343 g/mol. The number of fused-ring (bicyclic) bond motifs is 1. The van der Waals surface area contributed by atoms with Crippen molar-refractivity contribution < 1.29 is 0 Å². The Kier molecular flexibility index (Phi) is 3.97. The summed E-state index contributed by atoms with van der Waals surface area (Å²) >= 11 is 1.52. The first-order valence-electron chi connectivity index (χ1n) is 8.31. The summed E-state index contributed by atoms with van der Waals surface area (Å²) in [4.78, 5) is 20.1. The maximum atomic E-state index is 12.3. The fourth-order valence-corrected chi connectivity index (χ4v) is 4.39. The van der Waals surface area contributed by atoms with Crippen LogP contribution in [0.3, 0.4) is 0 Å². The number of rotatable bonds is 3. The van der Waals surface area contributed by atoms with Gasteiger partial charge in [0, 0.05) is 41.8 Å². The fourth-order valence-electron chi connectivity index (χ4n) is 3.50. The maximum Gasteiger partial charge on any atom is 0.259 e. The molecule has 0 unspecified atom stereocenters. The van der Waals surface area contributed by atoms with Crippen LogP contribution >= 0.6 is 11.3 Å². The van der Waals surface area contributed by atoms with E-state index in [0.717, 1.165) is 53.8 Å². The van der Waals surface area contributed by atoms with Crippen LogP contribution in [0.1, 0.15) is 41.5 Å². The molecule has 126 valence electrons. The number of hydrogen-bond donors (Lipinski definition) is 1. The first kappa shape index (κ1) is 15.5. The third-order valence-corrected chi connectivity index (χ3v) is 5.61. The van der Waals surface area contributed by atoms with Crippen molar-refractivity contribution in [1.82, 2.24) is 24.5 Å². The van der Waals surface area contributed by atoms with E-state index in [1.165, 1.54) is 17.8 Å². The van der Waals surface area contributed by atoms with E-state index < -0.39 is 0 Å². The molecule has 0 aliphatic carbocycles. The normalized spacial score (nSPS) is 19.2. The topological polar surface area (TPSA) is 66.3 Å². The van der Waals surface area contributed by atoms with Crippen LogP contribution < -0.4 is 5.56 Å². The number of likely N-dealkylation sites (tertiary alicyclic amines) is 1. The Morgan fingerprint density at radius 3 is 3.04 bits per heavy atom. The van der Waals surface area contributed by atoms with Gasteiger partial charge in [-0.1, -0.05) is 0 Å². The molecule has 1 aliphatic heterocycles. The van der Waals surface area contributed by atoms with Gasteiger partial charge in [0.1, 0.15) is 0 Å². The van der Waals surface area contributed by atoms with E-state index in [1.807, 2.05) is 19.2 Å². The average Bonchev–Trinajstić information content (AvgIpc) is 3.14. The number of nitrogens with zero attached hydrogens (tertiary/aromatic N) is 4. The zero-order chi connectivity index (χ0) is 16.7. The van der Waals surface area contributed by atoms with E-state index in [2.05, 4.69) is 26.1 Å². The second-order valence-corrected chi connectivity index (χ2v) is 7.47. The van der Waals surface area contributed by atoms with Crippen molar-refractivity contribution in [2.45, 2.75) is 39.2 Å². The highest BCUT2D eigenvalue weighted by Gasteiger charge is 2.23. The molecule has 1 aliphatic rings. The summed E-state index contributed by atoms with van der Waals surface area (Å²) in [6.07, 6.45) is 2.32. The molecule has 0 radical (unpaired) electrons. The Balaban J connectivity index is 1.53. The summed E-state index contributed by atoms with van der Waals surface area (Å²) in [6, 6.07) is 3.81. The lowest BCUT2D eigenvalue weighted by atomic mass is 9.94. The van der Waals surface area contributed by atoms with Crippen LogP contribution in [-0.4, -0.2) is 37.6 Å². The molecule has 0 saturated carbocycles. The van der Waals surface area contributed by atoms with Crippen LogP contribution in [0.25, 0.3) is 4.96 Å². The van der Waals surface area contributed by atoms with Gasteiger partial charge in [-0.25, -0.2) is 4.98 Å². The van der Waals surface area contributed by atoms with Crippen molar-refractivity contribution >= 4 is 16.3 Å². The first-order valence-corrected chi connectivity index (χ1v) is 9.19. The molecule has 3 aromatic rings. The van der Waals surface area contributed by atoms with Crippen molar-refractivity contribution in [2.24, 2.45) is 0 Å². The molecule has 1 N–H and O–H groups in total. The second kappa shape index (κ2) is 6.14. The molecule has 0 amide bonds. The first-order chi connectivity index (χ1) is 11.6. The monoisotopic (exact) mass is 343 g/mol. The minimum Gasteiger partial charge on any atom is -0.297 e. The van der Waals surface area contributed by atoms with Gasteiger partial charge in [0.05, 0.1) is 11.4 Å². The molecular weight excluding hydrogens is 322 g/mol. The summed E-state index contributed by atoms with van der Waals surface area (Å²) in [6.45, 7) is 6.71. The zero-order valence-electron chi connectivity index (χ0n) is 14.0. The van der Waals surface area contributed by atoms with Gasteiger partial charge in [-0.15, -0.1) is 11.3 Å². The van der Waals surface area contributed by atoms with Gasteiger partial charge in [-0.3, -0.25) is 19.2 Å². The number of piperidine rings is 1. The van der Waals surface area contributed by atoms with Crippen molar-refractivity contribution in [3.05, 3.63) is 50.6 Å². The predicted molar refractivity (Wildman–Crippen MR) is 94.7 cm³/mol. The quantitative estimate of drug-likeness (QED) is 0.793. The van der Waals surface area contributed by atoms with Gasteiger partial charge >= 0.3 is 0 Å². The Bertz CT molecular complexity index is 925. The molecule has 1 fully saturated rings. The predicted octanol–water partition coefficient (Wildman–Crippen LogP) is 2.48. The summed E-state index contributed by atoms with van der Waals surface area (Å²) in [5.41, 5.74) is 4.09. The Morgan fingerprint density at radius 2 is 2.25 bits per heavy atom. The largest absolute Gasteiger partial charge is 0.297 e. The van der Waals surface area contributed by atoms with Crippen molar-refractivity contribution in [3.63, 3.8) is 0 Å². The standard InChI is InChI=1S/C17H21N5OS/c1-11-6-15(20-19-11)13-4-3-5-21(8-13)9-14-7-16(23)22-12(2)10-24-17(22)18-14/h6-7,10,13H,3-5,8-9H2,1-2H3,(H,19,20)/t13-/m0/s1. The summed E-state index contributed by atoms with van der Waals surface area (Å²) in [7, 11) is 0. The number of aromatic amines is 1. The highest BCUT2D eigenvalue weighted by atomic mass is 32.1. The van der Waals surface area contributed by atoms with Crippen LogP contribution in [0.5, 0.6) is 0 Å². The molecule has 6 nitrogen and oxygen atoms in total. The van der Waals surface area contributed by atoms with Gasteiger partial charge in [-0.2, -0.15) is 5.10 Å². The van der Waals surface area contributed by atoms with E-state index in [0.29, 0.717) is 5.92 Å². The Morgan fingerprint density at radius 1 is 1.38 bits per heavy atom. The van der Waals surface area contributed by atoms with E-state index in [-0.39, 0.29) is 5.56 Å². The molecule has 7 heteroatoms. The van der Waals surface area contributed by atoms with Crippen LogP contribution in [0.2, 0.25) is 0 Å². The smallest absolute Gasteiger partial charge is 0.259 e. The summed E-state index contributed by atoms with van der Waals surface area (Å²) in [5, 5.41) is 9.43. The maximum absolute atomic E-state index is 12.3. The number of thiazole rings is 1. The third kappa shape index (κ3) is 2.89. The van der Waals surface area contributed by atoms with E-state index in [9.17, 15) is 4.79 Å². The number of aromatic nitrogens is 4. The van der Waals surface area contributed by atoms with E-state index >= 15 is 0 Å². The minimum absolute atomic E-state index is 0.0187. The second-order valence-electron chi connectivity index (χ2n) is 6.63. The molecule has 0 spiro atoms. The van der Waals surface area contributed by atoms with Gasteiger partial charge < -0.3 is 0 Å². The van der Waals surface area contributed by atoms with Gasteiger partial charge in [-0.05, 0) is 39.3 Å². The van der Waals surface area contributed by atoms with E-state index in [1.54, 1.807) is 10.5 Å². The number of aryl methyl sites for hydroxylation is 2. The molecule has 1 atom stereocenters. The highest BCUT2D eigenvalue weighted by molar-refractivity contribution is 7.15. The van der Waals surface area contributed by atoms with Crippen LogP contribution in [0.15, 0.2) is 22.3 Å². The van der Waals surface area contributed by atoms with Crippen LogP contribution in [0, 0.1) is 13.8 Å². The summed E-state index contributed by atoms with van der Waals surface area (Å²) in [5.74, 6) is 0.456. The highest BCUT2D eigenvalue weighted by Crippen LogP contribution is 2.26. The zero-order valence-corrected chi connectivity index (χ0v) is 14.8. The lowest BCUT2D eigenvalue weighted by molar-refractivity contribution is 0.196. The molecule has 0 aromatic carbocycles. The van der Waals surface area contributed by atoms with Crippen molar-refractivity contribution in [3.8, 4) is 0 Å². The lowest BCUT2D eigenvalue weighted by Gasteiger charge is -2.31. The SMILES string of the molecule is Cc1cc([C@H]2CCCN(Cc3cc(=O)n4c(C)csc4n3)C2)n[nH]1. The molecule has 0 bridgehead atoms. The van der Waals surface area contributed by atoms with Crippen LogP contribution in [-0.2, 0) is 6.54 Å². The van der Waals surface area contributed by atoms with Gasteiger partial charge in [0.15, 0.2) is 4.96 Å². The van der Waals surface area contributed by atoms with Gasteiger partial charge in [0.2, 0.25) is 0 Å². The van der Waals surface area contributed by atoms with Crippen molar-refractivity contribution in [1.29, 1.82) is 0 Å².